The highest BCUT2D eigenvalue weighted by atomic mass is 79.9. The van der Waals surface area contributed by atoms with Gasteiger partial charge < -0.3 is 4.98 Å². The predicted octanol–water partition coefficient (Wildman–Crippen LogP) is 6.70. The second kappa shape index (κ2) is 9.20. The SMILES string of the molecule is CCC(=O)N1N=C(c2c(-c3ccccc3)c3cc(Cl)ccc3[nH]c2=O)CC1c1ccc(Br)cc1. The fraction of sp³-hybridized carbons (Fsp3) is 0.148. The lowest BCUT2D eigenvalue weighted by Crippen LogP contribution is -2.26. The van der Waals surface area contributed by atoms with Gasteiger partial charge in [0.1, 0.15) is 0 Å². The number of nitrogens with one attached hydrogen (secondary N) is 1. The first kappa shape index (κ1) is 22.6. The van der Waals surface area contributed by atoms with Gasteiger partial charge in [-0.3, -0.25) is 9.59 Å². The van der Waals surface area contributed by atoms with Gasteiger partial charge in [-0.25, -0.2) is 5.01 Å². The second-order valence-corrected chi connectivity index (χ2v) is 9.52. The Kier molecular flexibility index (Phi) is 6.11. The van der Waals surface area contributed by atoms with E-state index in [9.17, 15) is 9.59 Å². The monoisotopic (exact) mass is 533 g/mol. The van der Waals surface area contributed by atoms with Crippen molar-refractivity contribution in [2.45, 2.75) is 25.8 Å². The average molecular weight is 535 g/mol. The molecular weight excluding hydrogens is 514 g/mol. The van der Waals surface area contributed by atoms with Crippen LogP contribution in [0.2, 0.25) is 5.02 Å². The molecule has 1 N–H and O–H groups in total. The van der Waals surface area contributed by atoms with Gasteiger partial charge >= 0.3 is 0 Å². The molecule has 2 heterocycles. The van der Waals surface area contributed by atoms with Gasteiger partial charge in [0, 0.05) is 38.8 Å². The molecule has 0 aliphatic carbocycles. The summed E-state index contributed by atoms with van der Waals surface area (Å²) >= 11 is 9.82. The van der Waals surface area contributed by atoms with Gasteiger partial charge in [-0.05, 0) is 41.5 Å². The zero-order valence-electron chi connectivity index (χ0n) is 18.4. The minimum Gasteiger partial charge on any atom is -0.321 e. The Morgan fingerprint density at radius 1 is 1.09 bits per heavy atom. The molecule has 1 unspecified atom stereocenters. The lowest BCUT2D eigenvalue weighted by Gasteiger charge is -2.21. The van der Waals surface area contributed by atoms with Crippen LogP contribution in [-0.2, 0) is 4.79 Å². The third-order valence-corrected chi connectivity index (χ3v) is 6.81. The molecule has 34 heavy (non-hydrogen) atoms. The van der Waals surface area contributed by atoms with Gasteiger partial charge in [-0.15, -0.1) is 0 Å². The fourth-order valence-corrected chi connectivity index (χ4v) is 4.88. The van der Waals surface area contributed by atoms with Crippen molar-refractivity contribution >= 4 is 50.1 Å². The molecule has 4 aromatic rings. The maximum Gasteiger partial charge on any atom is 0.258 e. The molecule has 170 valence electrons. The van der Waals surface area contributed by atoms with E-state index in [-0.39, 0.29) is 17.5 Å². The number of aromatic nitrogens is 1. The van der Waals surface area contributed by atoms with Crippen molar-refractivity contribution in [2.24, 2.45) is 5.10 Å². The topological polar surface area (TPSA) is 65.5 Å². The van der Waals surface area contributed by atoms with Crippen LogP contribution in [0.3, 0.4) is 0 Å². The molecule has 0 saturated carbocycles. The number of hydrogen-bond donors (Lipinski definition) is 1. The quantitative estimate of drug-likeness (QED) is 0.317. The van der Waals surface area contributed by atoms with Crippen LogP contribution in [0.25, 0.3) is 22.0 Å². The van der Waals surface area contributed by atoms with Crippen molar-refractivity contribution in [1.29, 1.82) is 0 Å². The Labute approximate surface area is 210 Å². The number of fused-ring (bicyclic) bond motifs is 1. The molecular formula is C27H21BrClN3O2. The maximum absolute atomic E-state index is 13.5. The summed E-state index contributed by atoms with van der Waals surface area (Å²) in [7, 11) is 0. The molecule has 3 aromatic carbocycles. The predicted molar refractivity (Wildman–Crippen MR) is 140 cm³/mol. The van der Waals surface area contributed by atoms with E-state index in [2.05, 4.69) is 20.9 Å². The van der Waals surface area contributed by atoms with E-state index in [1.54, 1.807) is 6.07 Å². The molecule has 1 aliphatic heterocycles. The van der Waals surface area contributed by atoms with Gasteiger partial charge in [0.2, 0.25) is 5.91 Å². The van der Waals surface area contributed by atoms with E-state index < -0.39 is 0 Å². The first-order valence-electron chi connectivity index (χ1n) is 11.0. The lowest BCUT2D eigenvalue weighted by molar-refractivity contribution is -0.132. The first-order valence-corrected chi connectivity index (χ1v) is 12.2. The Morgan fingerprint density at radius 3 is 2.53 bits per heavy atom. The van der Waals surface area contributed by atoms with E-state index in [0.29, 0.717) is 34.7 Å². The third-order valence-electron chi connectivity index (χ3n) is 6.05. The number of halogens is 2. The van der Waals surface area contributed by atoms with Crippen molar-refractivity contribution in [3.05, 3.63) is 104 Å². The largest absolute Gasteiger partial charge is 0.321 e. The summed E-state index contributed by atoms with van der Waals surface area (Å²) in [6, 6.07) is 22.7. The van der Waals surface area contributed by atoms with Crippen LogP contribution in [0.4, 0.5) is 0 Å². The summed E-state index contributed by atoms with van der Waals surface area (Å²) in [6.45, 7) is 1.81. The first-order chi connectivity index (χ1) is 16.5. The van der Waals surface area contributed by atoms with Crippen LogP contribution in [0.5, 0.6) is 0 Å². The van der Waals surface area contributed by atoms with Crippen LogP contribution in [0.1, 0.15) is 36.9 Å². The van der Waals surface area contributed by atoms with Gasteiger partial charge in [0.15, 0.2) is 0 Å². The number of nitrogens with zero attached hydrogens (tertiary/aromatic N) is 2. The van der Waals surface area contributed by atoms with Crippen LogP contribution < -0.4 is 5.56 Å². The number of carbonyl (C=O) groups excluding carboxylic acids is 1. The minimum atomic E-state index is -0.284. The van der Waals surface area contributed by atoms with Crippen molar-refractivity contribution in [3.8, 4) is 11.1 Å². The highest BCUT2D eigenvalue weighted by Crippen LogP contribution is 2.37. The Balaban J connectivity index is 1.74. The van der Waals surface area contributed by atoms with Crippen LogP contribution in [-0.4, -0.2) is 21.6 Å². The second-order valence-electron chi connectivity index (χ2n) is 8.17. The summed E-state index contributed by atoms with van der Waals surface area (Å²) < 4.78 is 0.956. The molecule has 1 amide bonds. The molecule has 1 aliphatic rings. The number of H-pyrrole nitrogens is 1. The summed E-state index contributed by atoms with van der Waals surface area (Å²) in [5, 5.41) is 7.65. The average Bonchev–Trinajstić information content (AvgIpc) is 3.29. The zero-order valence-corrected chi connectivity index (χ0v) is 20.7. The molecule has 1 atom stereocenters. The molecule has 0 fully saturated rings. The standard InChI is InChI=1S/C27H21BrClN3O2/c1-2-24(33)32-23(16-8-10-18(28)11-9-16)15-22(31-32)26-25(17-6-4-3-5-7-17)20-14-19(29)12-13-21(20)30-27(26)34/h3-14,23H,2,15H2,1H3,(H,30,34). The molecule has 7 heteroatoms. The number of rotatable bonds is 4. The summed E-state index contributed by atoms with van der Waals surface area (Å²) in [4.78, 5) is 29.3. The van der Waals surface area contributed by atoms with Crippen LogP contribution in [0, 0.1) is 0 Å². The molecule has 0 saturated heterocycles. The number of pyridine rings is 1. The Hall–Kier alpha value is -3.22. The fourth-order valence-electron chi connectivity index (χ4n) is 4.44. The van der Waals surface area contributed by atoms with Gasteiger partial charge in [0.25, 0.3) is 5.56 Å². The minimum absolute atomic E-state index is 0.0931. The number of amides is 1. The van der Waals surface area contributed by atoms with Crippen molar-refractivity contribution in [3.63, 3.8) is 0 Å². The van der Waals surface area contributed by atoms with E-state index in [0.717, 1.165) is 26.5 Å². The maximum atomic E-state index is 13.5. The van der Waals surface area contributed by atoms with Crippen molar-refractivity contribution < 1.29 is 4.79 Å². The number of benzene rings is 3. The summed E-state index contributed by atoms with van der Waals surface area (Å²) in [6.07, 6.45) is 0.751. The molecule has 1 aromatic heterocycles. The Bertz CT molecular complexity index is 1480. The highest BCUT2D eigenvalue weighted by molar-refractivity contribution is 9.10. The van der Waals surface area contributed by atoms with E-state index in [4.69, 9.17) is 16.7 Å². The van der Waals surface area contributed by atoms with Crippen molar-refractivity contribution in [2.75, 3.05) is 0 Å². The normalized spacial score (nSPS) is 15.6. The smallest absolute Gasteiger partial charge is 0.258 e. The van der Waals surface area contributed by atoms with E-state index in [1.165, 1.54) is 5.01 Å². The van der Waals surface area contributed by atoms with Gasteiger partial charge in [-0.2, -0.15) is 5.10 Å². The molecule has 0 radical (unpaired) electrons. The molecule has 5 nitrogen and oxygen atoms in total. The zero-order chi connectivity index (χ0) is 23.8. The van der Waals surface area contributed by atoms with Crippen LogP contribution >= 0.6 is 27.5 Å². The van der Waals surface area contributed by atoms with Crippen molar-refractivity contribution in [1.82, 2.24) is 9.99 Å². The number of aromatic amines is 1. The summed E-state index contributed by atoms with van der Waals surface area (Å²) in [5.41, 5.74) is 4.12. The molecule has 0 bridgehead atoms. The highest BCUT2D eigenvalue weighted by Gasteiger charge is 2.34. The number of carbonyl (C=O) groups is 1. The van der Waals surface area contributed by atoms with Gasteiger partial charge in [-0.1, -0.05) is 76.9 Å². The Morgan fingerprint density at radius 2 is 1.82 bits per heavy atom. The number of hydrazone groups is 1. The molecule has 0 spiro atoms. The number of hydrogen-bond acceptors (Lipinski definition) is 3. The summed E-state index contributed by atoms with van der Waals surface area (Å²) in [5.74, 6) is -0.0931. The van der Waals surface area contributed by atoms with E-state index in [1.807, 2.05) is 73.7 Å². The van der Waals surface area contributed by atoms with Gasteiger partial charge in [0.05, 0.1) is 17.3 Å². The van der Waals surface area contributed by atoms with E-state index >= 15 is 0 Å². The lowest BCUT2D eigenvalue weighted by atomic mass is 9.91. The molecule has 5 rings (SSSR count). The third kappa shape index (κ3) is 4.08. The van der Waals surface area contributed by atoms with Crippen LogP contribution in [0.15, 0.2) is 87.2 Å².